The van der Waals surface area contributed by atoms with Gasteiger partial charge in [-0.2, -0.15) is 0 Å². The van der Waals surface area contributed by atoms with Crippen LogP contribution in [0.15, 0.2) is 54.6 Å². The van der Waals surface area contributed by atoms with E-state index in [0.29, 0.717) is 60.9 Å². The van der Waals surface area contributed by atoms with Crippen LogP contribution in [0.4, 0.5) is 0 Å². The van der Waals surface area contributed by atoms with Crippen LogP contribution in [0.1, 0.15) is 41.5 Å². The molecule has 1 atom stereocenters. The number of nitrogens with zero attached hydrogens (tertiary/aromatic N) is 2. The molecule has 50 heavy (non-hydrogen) atoms. The van der Waals surface area contributed by atoms with Crippen molar-refractivity contribution in [2.75, 3.05) is 72.9 Å². The molecule has 0 unspecified atom stereocenters. The number of benzene rings is 3. The second-order valence-corrected chi connectivity index (χ2v) is 13.9. The maximum atomic E-state index is 14.0. The van der Waals surface area contributed by atoms with E-state index in [4.69, 9.17) is 52.6 Å². The largest absolute Gasteiger partial charge is 0.492 e. The van der Waals surface area contributed by atoms with Crippen molar-refractivity contribution < 1.29 is 28.5 Å². The molecule has 0 aromatic heterocycles. The highest BCUT2D eigenvalue weighted by molar-refractivity contribution is 6.37. The number of hydrogen-bond acceptors (Lipinski definition) is 8. The second-order valence-electron chi connectivity index (χ2n) is 13.1. The van der Waals surface area contributed by atoms with Crippen molar-refractivity contribution in [3.63, 3.8) is 0 Å². The lowest BCUT2D eigenvalue weighted by molar-refractivity contribution is -0.136. The summed E-state index contributed by atoms with van der Waals surface area (Å²) in [6, 6.07) is 18.1. The predicted octanol–water partition coefficient (Wildman–Crippen LogP) is 6.36. The number of ether oxygens (including phenoxy) is 5. The first-order valence-electron chi connectivity index (χ1n) is 17.7. The first kappa shape index (κ1) is 38.2. The smallest absolute Gasteiger partial charge is 0.227 e. The number of nitrogens with two attached hydrogens (primary N) is 1. The summed E-state index contributed by atoms with van der Waals surface area (Å²) in [7, 11) is 1.73. The molecule has 3 aromatic rings. The molecular formula is C39H51Cl2N3O6. The van der Waals surface area contributed by atoms with E-state index in [0.717, 1.165) is 81.0 Å². The molecule has 0 spiro atoms. The molecule has 1 heterocycles. The number of aryl methyl sites for hydroxylation is 2. The number of rotatable bonds is 20. The quantitative estimate of drug-likeness (QED) is 0.135. The summed E-state index contributed by atoms with van der Waals surface area (Å²) in [6.45, 7) is 8.92. The van der Waals surface area contributed by atoms with Crippen molar-refractivity contribution in [1.29, 1.82) is 0 Å². The normalized spacial score (nSPS) is 15.5. The minimum atomic E-state index is -0.325. The van der Waals surface area contributed by atoms with E-state index < -0.39 is 0 Å². The van der Waals surface area contributed by atoms with Gasteiger partial charge < -0.3 is 34.3 Å². The summed E-state index contributed by atoms with van der Waals surface area (Å²) in [6.07, 6.45) is 4.38. The fraction of sp³-hybridized carbons (Fsp3) is 0.513. The number of carbonyl (C=O) groups excluding carboxylic acids is 1. The third kappa shape index (κ3) is 11.8. The Morgan fingerprint density at radius 1 is 0.900 bits per heavy atom. The van der Waals surface area contributed by atoms with Crippen molar-refractivity contribution >= 4 is 29.1 Å². The summed E-state index contributed by atoms with van der Waals surface area (Å²) in [5.74, 6) is 1.79. The van der Waals surface area contributed by atoms with Crippen molar-refractivity contribution in [3.05, 3.63) is 86.9 Å². The van der Waals surface area contributed by atoms with Gasteiger partial charge in [0.1, 0.15) is 31.3 Å². The minimum absolute atomic E-state index is 0.0977. The maximum absolute atomic E-state index is 14.0. The monoisotopic (exact) mass is 727 g/mol. The van der Waals surface area contributed by atoms with E-state index in [-0.39, 0.29) is 24.4 Å². The van der Waals surface area contributed by atoms with Crippen LogP contribution in [0, 0.1) is 12.8 Å². The Bertz CT molecular complexity index is 1490. The van der Waals surface area contributed by atoms with Gasteiger partial charge in [0.25, 0.3) is 0 Å². The van der Waals surface area contributed by atoms with Crippen molar-refractivity contribution in [2.45, 2.75) is 51.6 Å². The molecule has 11 heteroatoms. The molecule has 2 fully saturated rings. The molecule has 0 radical (unpaired) electrons. The van der Waals surface area contributed by atoms with Gasteiger partial charge in [0.05, 0.1) is 29.2 Å². The Morgan fingerprint density at radius 3 is 2.26 bits per heavy atom. The SMILES string of the molecule is COCCCc1cc(CN(C(=O)[C@@H](CN)Cc2ccc(OCCOc3c(Cl)cc(C)cc3Cl)cc2)C2CC2)cc(OCCN2CCOCC2)c1. The first-order chi connectivity index (χ1) is 24.3. The number of hydrogen-bond donors (Lipinski definition) is 1. The van der Waals surface area contributed by atoms with E-state index in [1.807, 2.05) is 48.2 Å². The van der Waals surface area contributed by atoms with Gasteiger partial charge in [-0.1, -0.05) is 41.4 Å². The molecule has 9 nitrogen and oxygen atoms in total. The van der Waals surface area contributed by atoms with Gasteiger partial charge in [-0.3, -0.25) is 9.69 Å². The molecule has 1 saturated carbocycles. The molecule has 5 rings (SSSR count). The van der Waals surface area contributed by atoms with Crippen LogP contribution in [-0.2, 0) is 33.7 Å². The lowest BCUT2D eigenvalue weighted by Crippen LogP contribution is -2.41. The zero-order valence-electron chi connectivity index (χ0n) is 29.3. The average molecular weight is 729 g/mol. The standard InChI is InChI=1S/C39H51Cl2N3O6/c1-28-20-36(40)38(37(41)21-28)50-19-18-49-34-9-5-29(6-10-34)23-32(26-42)39(45)44(33-7-8-33)27-31-22-30(4-3-14-46-2)24-35(25-31)48-17-13-43-11-15-47-16-12-43/h5-6,9-10,20-22,24-25,32-33H,3-4,7-8,11-19,23,26-27,42H2,1-2H3/t32-/m1/s1. The first-order valence-corrected chi connectivity index (χ1v) is 18.4. The molecule has 0 bridgehead atoms. The average Bonchev–Trinajstić information content (AvgIpc) is 3.95. The lowest BCUT2D eigenvalue weighted by Gasteiger charge is -2.28. The van der Waals surface area contributed by atoms with Crippen LogP contribution in [-0.4, -0.2) is 94.7 Å². The highest BCUT2D eigenvalue weighted by Crippen LogP contribution is 2.34. The third-order valence-electron chi connectivity index (χ3n) is 9.02. The Hall–Kier alpha value is -3.05. The lowest BCUT2D eigenvalue weighted by atomic mass is 9.97. The van der Waals surface area contributed by atoms with Gasteiger partial charge >= 0.3 is 0 Å². The Morgan fingerprint density at radius 2 is 1.58 bits per heavy atom. The zero-order chi connectivity index (χ0) is 35.3. The maximum Gasteiger partial charge on any atom is 0.227 e. The molecule has 3 aromatic carbocycles. The third-order valence-corrected chi connectivity index (χ3v) is 9.59. The van der Waals surface area contributed by atoms with Gasteiger partial charge in [0.15, 0.2) is 5.75 Å². The molecule has 2 aliphatic rings. The summed E-state index contributed by atoms with van der Waals surface area (Å²) >= 11 is 12.6. The molecule has 1 amide bonds. The van der Waals surface area contributed by atoms with Crippen LogP contribution in [0.25, 0.3) is 0 Å². The van der Waals surface area contributed by atoms with Gasteiger partial charge in [-0.25, -0.2) is 0 Å². The van der Waals surface area contributed by atoms with Crippen LogP contribution >= 0.6 is 23.2 Å². The predicted molar refractivity (Wildman–Crippen MR) is 198 cm³/mol. The number of carbonyl (C=O) groups is 1. The van der Waals surface area contributed by atoms with Crippen LogP contribution < -0.4 is 19.9 Å². The fourth-order valence-corrected chi connectivity index (χ4v) is 6.90. The van der Waals surface area contributed by atoms with E-state index in [1.54, 1.807) is 7.11 Å². The summed E-state index contributed by atoms with van der Waals surface area (Å²) in [4.78, 5) is 18.4. The minimum Gasteiger partial charge on any atom is -0.492 e. The fourth-order valence-electron chi connectivity index (χ4n) is 6.20. The molecule has 2 N–H and O–H groups in total. The summed E-state index contributed by atoms with van der Waals surface area (Å²) < 4.78 is 28.7. The second kappa shape index (κ2) is 19.5. The van der Waals surface area contributed by atoms with E-state index in [2.05, 4.69) is 23.1 Å². The van der Waals surface area contributed by atoms with E-state index >= 15 is 0 Å². The number of halogens is 2. The highest BCUT2D eigenvalue weighted by atomic mass is 35.5. The topological polar surface area (TPSA) is 95.7 Å². The van der Waals surface area contributed by atoms with Crippen LogP contribution in [0.3, 0.4) is 0 Å². The number of methoxy groups -OCH3 is 1. The molecule has 272 valence electrons. The molecule has 1 aliphatic heterocycles. The van der Waals surface area contributed by atoms with Gasteiger partial charge in [0, 0.05) is 52.5 Å². The molecular weight excluding hydrogens is 677 g/mol. The number of amides is 1. The van der Waals surface area contributed by atoms with E-state index in [9.17, 15) is 4.79 Å². The van der Waals surface area contributed by atoms with Crippen LogP contribution in [0.2, 0.25) is 10.0 Å². The van der Waals surface area contributed by atoms with Gasteiger partial charge in [-0.15, -0.1) is 0 Å². The molecule has 1 saturated heterocycles. The Kier molecular flexibility index (Phi) is 14.9. The zero-order valence-corrected chi connectivity index (χ0v) is 30.9. The number of morpholine rings is 1. The van der Waals surface area contributed by atoms with Crippen molar-refractivity contribution in [2.24, 2.45) is 11.7 Å². The van der Waals surface area contributed by atoms with Crippen molar-refractivity contribution in [1.82, 2.24) is 9.80 Å². The van der Waals surface area contributed by atoms with Crippen molar-refractivity contribution in [3.8, 4) is 17.2 Å². The summed E-state index contributed by atoms with van der Waals surface area (Å²) in [5.41, 5.74) is 10.5. The van der Waals surface area contributed by atoms with Crippen LogP contribution in [0.5, 0.6) is 17.2 Å². The van der Waals surface area contributed by atoms with Gasteiger partial charge in [0.2, 0.25) is 5.91 Å². The Balaban J connectivity index is 1.17. The van der Waals surface area contributed by atoms with Gasteiger partial charge in [-0.05, 0) is 97.7 Å². The van der Waals surface area contributed by atoms with E-state index in [1.165, 1.54) is 5.56 Å². The Labute approximate surface area is 306 Å². The highest BCUT2D eigenvalue weighted by Gasteiger charge is 2.35. The summed E-state index contributed by atoms with van der Waals surface area (Å²) in [5, 5.41) is 0.952. The molecule has 1 aliphatic carbocycles.